The van der Waals surface area contributed by atoms with Gasteiger partial charge in [0.2, 0.25) is 0 Å². The van der Waals surface area contributed by atoms with E-state index in [-0.39, 0.29) is 5.75 Å². The van der Waals surface area contributed by atoms with Crippen LogP contribution in [-0.4, -0.2) is 13.9 Å². The Labute approximate surface area is 222 Å². The SMILES string of the molecule is O=S(=O)(Oc1ccc2c(c1)c1cc(-c3cccc4c3sc3ccccc34)ccc1c1sccc21)C(F)(F)F. The van der Waals surface area contributed by atoms with Crippen molar-refractivity contribution >= 4 is 84.6 Å². The fourth-order valence-electron chi connectivity index (χ4n) is 5.04. The lowest BCUT2D eigenvalue weighted by Gasteiger charge is -2.13. The average molecular weight is 565 g/mol. The van der Waals surface area contributed by atoms with Gasteiger partial charge < -0.3 is 4.18 Å². The molecule has 0 N–H and O–H groups in total. The smallest absolute Gasteiger partial charge is 0.376 e. The molecule has 5 aromatic carbocycles. The van der Waals surface area contributed by atoms with E-state index in [4.69, 9.17) is 0 Å². The molecule has 0 aliphatic carbocycles. The number of halogens is 3. The molecule has 0 amide bonds. The molecule has 3 nitrogen and oxygen atoms in total. The van der Waals surface area contributed by atoms with Gasteiger partial charge in [-0.3, -0.25) is 0 Å². The first-order valence-electron chi connectivity index (χ1n) is 11.5. The van der Waals surface area contributed by atoms with E-state index in [1.54, 1.807) is 28.7 Å². The summed E-state index contributed by atoms with van der Waals surface area (Å²) in [6.07, 6.45) is 0. The standard InChI is InChI=1S/C29H15F3O3S3/c30-29(31,32)38(33,34)35-17-9-11-19-23-12-13-36-27(23)22-10-8-16(14-24(22)25(19)15-17)18-5-3-6-21-20-4-1-2-7-26(20)37-28(18)21/h1-15H. The summed E-state index contributed by atoms with van der Waals surface area (Å²) in [7, 11) is -5.79. The first kappa shape index (κ1) is 23.5. The molecule has 9 heteroatoms. The van der Waals surface area contributed by atoms with Crippen LogP contribution in [0.1, 0.15) is 0 Å². The quantitative estimate of drug-likeness (QED) is 0.122. The van der Waals surface area contributed by atoms with Crippen LogP contribution in [0.2, 0.25) is 0 Å². The van der Waals surface area contributed by atoms with Gasteiger partial charge in [0.05, 0.1) is 0 Å². The normalized spacial score (nSPS) is 12.8. The molecule has 0 atom stereocenters. The van der Waals surface area contributed by atoms with Gasteiger partial charge in [-0.25, -0.2) is 0 Å². The zero-order valence-electron chi connectivity index (χ0n) is 19.2. The zero-order chi connectivity index (χ0) is 26.2. The van der Waals surface area contributed by atoms with Crippen molar-refractivity contribution in [3.05, 3.63) is 90.3 Å². The van der Waals surface area contributed by atoms with Crippen LogP contribution < -0.4 is 4.18 Å². The Morgan fingerprint density at radius 3 is 2.21 bits per heavy atom. The number of rotatable bonds is 3. The Kier molecular flexibility index (Phi) is 5.04. The van der Waals surface area contributed by atoms with Gasteiger partial charge in [0.15, 0.2) is 0 Å². The second-order valence-corrected chi connectivity index (χ2v) is 12.4. The minimum Gasteiger partial charge on any atom is -0.376 e. The van der Waals surface area contributed by atoms with E-state index in [0.717, 1.165) is 47.5 Å². The van der Waals surface area contributed by atoms with Gasteiger partial charge in [0.25, 0.3) is 0 Å². The number of hydrogen-bond acceptors (Lipinski definition) is 5. The van der Waals surface area contributed by atoms with Crippen LogP contribution >= 0.6 is 22.7 Å². The Balaban J connectivity index is 1.50. The molecule has 7 rings (SSSR count). The lowest BCUT2D eigenvalue weighted by atomic mass is 9.94. The van der Waals surface area contributed by atoms with Crippen molar-refractivity contribution in [2.45, 2.75) is 5.51 Å². The third-order valence-corrected chi connectivity index (χ3v) is 9.85. The molecule has 0 fully saturated rings. The van der Waals surface area contributed by atoms with Crippen LogP contribution in [0, 0.1) is 0 Å². The minimum atomic E-state index is -5.79. The summed E-state index contributed by atoms with van der Waals surface area (Å²) in [6.45, 7) is 0. The highest BCUT2D eigenvalue weighted by molar-refractivity contribution is 7.88. The van der Waals surface area contributed by atoms with Crippen molar-refractivity contribution in [1.29, 1.82) is 0 Å². The largest absolute Gasteiger partial charge is 0.534 e. The lowest BCUT2D eigenvalue weighted by Crippen LogP contribution is -2.28. The van der Waals surface area contributed by atoms with Gasteiger partial charge in [-0.1, -0.05) is 48.5 Å². The molecule has 0 saturated carbocycles. The second-order valence-electron chi connectivity index (χ2n) is 8.89. The van der Waals surface area contributed by atoms with Crippen LogP contribution in [-0.2, 0) is 10.1 Å². The highest BCUT2D eigenvalue weighted by Gasteiger charge is 2.48. The summed E-state index contributed by atoms with van der Waals surface area (Å²) in [5, 5.41) is 8.43. The summed E-state index contributed by atoms with van der Waals surface area (Å²) >= 11 is 3.30. The van der Waals surface area contributed by atoms with E-state index in [0.29, 0.717) is 5.39 Å². The first-order valence-corrected chi connectivity index (χ1v) is 14.6. The van der Waals surface area contributed by atoms with Crippen molar-refractivity contribution in [2.24, 2.45) is 0 Å². The summed E-state index contributed by atoms with van der Waals surface area (Å²) in [6, 6.07) is 26.8. The molecule has 188 valence electrons. The maximum atomic E-state index is 13.0. The number of thiophene rings is 2. The third kappa shape index (κ3) is 3.49. The fraction of sp³-hybridized carbons (Fsp3) is 0.0345. The van der Waals surface area contributed by atoms with Gasteiger partial charge in [-0.15, -0.1) is 22.7 Å². The summed E-state index contributed by atoms with van der Waals surface area (Å²) < 4.78 is 70.2. The highest BCUT2D eigenvalue weighted by Crippen LogP contribution is 2.44. The summed E-state index contributed by atoms with van der Waals surface area (Å²) in [5.41, 5.74) is -3.50. The maximum Gasteiger partial charge on any atom is 0.534 e. The van der Waals surface area contributed by atoms with Crippen molar-refractivity contribution in [1.82, 2.24) is 0 Å². The van der Waals surface area contributed by atoms with Crippen LogP contribution in [0.25, 0.3) is 62.9 Å². The summed E-state index contributed by atoms with van der Waals surface area (Å²) in [4.78, 5) is 0. The van der Waals surface area contributed by atoms with Crippen molar-refractivity contribution in [3.8, 4) is 16.9 Å². The number of hydrogen-bond donors (Lipinski definition) is 0. The van der Waals surface area contributed by atoms with Gasteiger partial charge >= 0.3 is 15.6 Å². The first-order chi connectivity index (χ1) is 18.2. The van der Waals surface area contributed by atoms with Gasteiger partial charge in [0.1, 0.15) is 5.75 Å². The summed E-state index contributed by atoms with van der Waals surface area (Å²) in [5.74, 6) is -0.386. The van der Waals surface area contributed by atoms with E-state index in [1.807, 2.05) is 41.8 Å². The number of fused-ring (bicyclic) bond motifs is 9. The highest BCUT2D eigenvalue weighted by atomic mass is 32.2. The third-order valence-electron chi connectivity index (χ3n) is 6.71. The van der Waals surface area contributed by atoms with E-state index < -0.39 is 15.6 Å². The molecule has 0 unspecified atom stereocenters. The van der Waals surface area contributed by atoms with E-state index in [1.165, 1.54) is 22.2 Å². The molecule has 0 saturated heterocycles. The molecule has 38 heavy (non-hydrogen) atoms. The maximum absolute atomic E-state index is 13.0. The Hall–Kier alpha value is -3.66. The Morgan fingerprint density at radius 2 is 1.37 bits per heavy atom. The van der Waals surface area contributed by atoms with E-state index in [9.17, 15) is 21.6 Å². The fourth-order valence-corrected chi connectivity index (χ4v) is 7.68. The second kappa shape index (κ2) is 8.17. The molecule has 2 heterocycles. The average Bonchev–Trinajstić information content (AvgIpc) is 3.53. The molecule has 0 aliphatic heterocycles. The Bertz CT molecular complexity index is 2170. The van der Waals surface area contributed by atoms with Gasteiger partial charge in [-0.05, 0) is 69.1 Å². The predicted octanol–water partition coefficient (Wildman–Crippen LogP) is 9.47. The molecule has 0 spiro atoms. The van der Waals surface area contributed by atoms with Gasteiger partial charge in [0, 0.05) is 35.6 Å². The van der Waals surface area contributed by atoms with Gasteiger partial charge in [-0.2, -0.15) is 21.6 Å². The topological polar surface area (TPSA) is 43.4 Å². The zero-order valence-corrected chi connectivity index (χ0v) is 21.7. The Morgan fingerprint density at radius 1 is 0.658 bits per heavy atom. The number of benzene rings is 5. The van der Waals surface area contributed by atoms with Crippen molar-refractivity contribution < 1.29 is 25.8 Å². The molecule has 0 radical (unpaired) electrons. The monoisotopic (exact) mass is 564 g/mol. The van der Waals surface area contributed by atoms with Crippen molar-refractivity contribution in [2.75, 3.05) is 0 Å². The molecule has 7 aromatic rings. The van der Waals surface area contributed by atoms with E-state index in [2.05, 4.69) is 34.5 Å². The molecule has 0 aliphatic rings. The van der Waals surface area contributed by atoms with Crippen LogP contribution in [0.15, 0.2) is 90.3 Å². The molecule has 2 aromatic heterocycles. The van der Waals surface area contributed by atoms with Crippen LogP contribution in [0.4, 0.5) is 13.2 Å². The lowest BCUT2D eigenvalue weighted by molar-refractivity contribution is -0.0500. The molecule has 0 bridgehead atoms. The van der Waals surface area contributed by atoms with Crippen LogP contribution in [0.3, 0.4) is 0 Å². The molecular formula is C29H15F3O3S3. The van der Waals surface area contributed by atoms with Crippen LogP contribution in [0.5, 0.6) is 5.75 Å². The number of alkyl halides is 3. The molecular weight excluding hydrogens is 550 g/mol. The predicted molar refractivity (Wildman–Crippen MR) is 151 cm³/mol. The van der Waals surface area contributed by atoms with Crippen molar-refractivity contribution in [3.63, 3.8) is 0 Å². The minimum absolute atomic E-state index is 0.386. The van der Waals surface area contributed by atoms with E-state index >= 15 is 0 Å².